The Morgan fingerprint density at radius 1 is 0.935 bits per heavy atom. The summed E-state index contributed by atoms with van der Waals surface area (Å²) in [6.45, 7) is 2.07. The van der Waals surface area contributed by atoms with Crippen LogP contribution in [-0.4, -0.2) is 51.1 Å². The number of nitrogens with zero attached hydrogens (tertiary/aromatic N) is 3. The van der Waals surface area contributed by atoms with E-state index in [1.54, 1.807) is 54.4 Å². The molecule has 1 aliphatic heterocycles. The number of benzene rings is 3. The molecule has 1 aliphatic rings. The van der Waals surface area contributed by atoms with E-state index in [0.29, 0.717) is 17.2 Å². The number of hydrogen-bond donors (Lipinski definition) is 0. The van der Waals surface area contributed by atoms with E-state index in [-0.39, 0.29) is 11.7 Å². The Balaban J connectivity index is 1.45. The number of amides is 1. The summed E-state index contributed by atoms with van der Waals surface area (Å²) >= 11 is 0. The highest BCUT2D eigenvalue weighted by Crippen LogP contribution is 2.26. The first-order valence-corrected chi connectivity index (χ1v) is 10.6. The van der Waals surface area contributed by atoms with Crippen molar-refractivity contribution in [2.24, 2.45) is 0 Å². The fourth-order valence-corrected chi connectivity index (χ4v) is 4.08. The van der Waals surface area contributed by atoms with Crippen LogP contribution in [0.15, 0.2) is 72.8 Å². The third-order valence-corrected chi connectivity index (χ3v) is 6.12. The zero-order chi connectivity index (χ0) is 22.0. The first-order valence-electron chi connectivity index (χ1n) is 10.6. The van der Waals surface area contributed by atoms with Gasteiger partial charge in [-0.2, -0.15) is 0 Å². The Morgan fingerprint density at radius 3 is 2.23 bits per heavy atom. The second-order valence-corrected chi connectivity index (χ2v) is 8.29. The van der Waals surface area contributed by atoms with Gasteiger partial charge in [0.15, 0.2) is 0 Å². The van der Waals surface area contributed by atoms with Gasteiger partial charge in [0, 0.05) is 48.7 Å². The smallest absolute Gasteiger partial charge is 0.258 e. The molecule has 1 atom stereocenters. The maximum Gasteiger partial charge on any atom is 0.258 e. The van der Waals surface area contributed by atoms with Gasteiger partial charge in [0.1, 0.15) is 5.82 Å². The average Bonchev–Trinajstić information content (AvgIpc) is 3.29. The second kappa shape index (κ2) is 8.90. The van der Waals surface area contributed by atoms with E-state index in [0.717, 1.165) is 30.8 Å². The number of carbonyl (C=O) groups excluding carboxylic acids is 1. The van der Waals surface area contributed by atoms with E-state index >= 15 is 0 Å². The molecule has 0 bridgehead atoms. The van der Waals surface area contributed by atoms with Crippen molar-refractivity contribution < 1.29 is 9.18 Å². The number of rotatable bonds is 5. The molecule has 1 heterocycles. The maximum absolute atomic E-state index is 14.0. The lowest BCUT2D eigenvalue weighted by molar-refractivity contribution is 0.0993. The quantitative estimate of drug-likeness (QED) is 0.590. The van der Waals surface area contributed by atoms with Crippen molar-refractivity contribution in [3.8, 4) is 11.1 Å². The topological polar surface area (TPSA) is 26.8 Å². The van der Waals surface area contributed by atoms with Gasteiger partial charge in [0.05, 0.1) is 0 Å². The summed E-state index contributed by atoms with van der Waals surface area (Å²) < 4.78 is 14.0. The van der Waals surface area contributed by atoms with E-state index in [9.17, 15) is 9.18 Å². The van der Waals surface area contributed by atoms with Crippen molar-refractivity contribution in [3.63, 3.8) is 0 Å². The Hall–Kier alpha value is -3.18. The molecule has 4 nitrogen and oxygen atoms in total. The van der Waals surface area contributed by atoms with Crippen LogP contribution in [0.1, 0.15) is 16.8 Å². The summed E-state index contributed by atoms with van der Waals surface area (Å²) in [6.07, 6.45) is 1.16. The molecule has 0 aromatic heterocycles. The van der Waals surface area contributed by atoms with Gasteiger partial charge in [0.25, 0.3) is 5.91 Å². The summed E-state index contributed by atoms with van der Waals surface area (Å²) in [5.74, 6) is -0.365. The Bertz CT molecular complexity index is 1050. The van der Waals surface area contributed by atoms with Crippen LogP contribution in [0.25, 0.3) is 11.1 Å². The molecule has 1 unspecified atom stereocenters. The molecule has 1 saturated heterocycles. The molecular formula is C26H28FN3O. The Kier molecular flexibility index (Phi) is 6.05. The Labute approximate surface area is 183 Å². The monoisotopic (exact) mass is 417 g/mol. The number of hydrogen-bond acceptors (Lipinski definition) is 3. The van der Waals surface area contributed by atoms with Gasteiger partial charge in [-0.1, -0.05) is 30.3 Å². The van der Waals surface area contributed by atoms with Crippen LogP contribution in [0.2, 0.25) is 0 Å². The predicted molar refractivity (Wildman–Crippen MR) is 125 cm³/mol. The summed E-state index contributed by atoms with van der Waals surface area (Å²) in [4.78, 5) is 19.3. The molecule has 0 spiro atoms. The fourth-order valence-electron chi connectivity index (χ4n) is 4.08. The minimum atomic E-state index is -0.270. The second-order valence-electron chi connectivity index (χ2n) is 8.29. The van der Waals surface area contributed by atoms with Crippen LogP contribution in [0.4, 0.5) is 15.8 Å². The zero-order valence-electron chi connectivity index (χ0n) is 18.3. The highest BCUT2D eigenvalue weighted by Gasteiger charge is 2.24. The van der Waals surface area contributed by atoms with Crippen LogP contribution < -0.4 is 9.80 Å². The van der Waals surface area contributed by atoms with Gasteiger partial charge < -0.3 is 14.7 Å². The van der Waals surface area contributed by atoms with Gasteiger partial charge in [-0.3, -0.25) is 4.79 Å². The van der Waals surface area contributed by atoms with Crippen molar-refractivity contribution in [2.75, 3.05) is 44.0 Å². The van der Waals surface area contributed by atoms with Gasteiger partial charge in [-0.25, -0.2) is 4.39 Å². The van der Waals surface area contributed by atoms with Crippen LogP contribution in [0, 0.1) is 5.82 Å². The van der Waals surface area contributed by atoms with Crippen molar-refractivity contribution in [2.45, 2.75) is 12.5 Å². The van der Waals surface area contributed by atoms with Gasteiger partial charge in [-0.15, -0.1) is 0 Å². The lowest BCUT2D eigenvalue weighted by atomic mass is 10.0. The van der Waals surface area contributed by atoms with Crippen LogP contribution in [0.5, 0.6) is 0 Å². The minimum Gasteiger partial charge on any atom is -0.370 e. The molecule has 0 radical (unpaired) electrons. The summed E-state index contributed by atoms with van der Waals surface area (Å²) in [7, 11) is 6.03. The van der Waals surface area contributed by atoms with Crippen molar-refractivity contribution in [1.82, 2.24) is 4.90 Å². The first kappa shape index (κ1) is 21.1. The van der Waals surface area contributed by atoms with Crippen molar-refractivity contribution >= 4 is 17.3 Å². The van der Waals surface area contributed by atoms with Gasteiger partial charge >= 0.3 is 0 Å². The number of likely N-dealkylation sites (N-methyl/N-ethyl adjacent to an activating group) is 1. The van der Waals surface area contributed by atoms with E-state index in [1.807, 2.05) is 12.1 Å². The Morgan fingerprint density at radius 2 is 1.61 bits per heavy atom. The highest BCUT2D eigenvalue weighted by molar-refractivity contribution is 6.06. The molecule has 1 fully saturated rings. The number of carbonyl (C=O) groups is 1. The molecule has 0 N–H and O–H groups in total. The van der Waals surface area contributed by atoms with E-state index in [4.69, 9.17) is 0 Å². The number of anilines is 2. The molecule has 160 valence electrons. The zero-order valence-corrected chi connectivity index (χ0v) is 18.3. The average molecular weight is 418 g/mol. The molecular weight excluding hydrogens is 389 g/mol. The maximum atomic E-state index is 14.0. The lowest BCUT2D eigenvalue weighted by Gasteiger charge is -2.23. The molecule has 3 aromatic carbocycles. The summed E-state index contributed by atoms with van der Waals surface area (Å²) in [5.41, 5.74) is 3.88. The first-order chi connectivity index (χ1) is 14.9. The molecule has 3 aromatic rings. The van der Waals surface area contributed by atoms with Crippen LogP contribution in [0.3, 0.4) is 0 Å². The van der Waals surface area contributed by atoms with Gasteiger partial charge in [0.2, 0.25) is 0 Å². The van der Waals surface area contributed by atoms with E-state index in [2.05, 4.69) is 36.0 Å². The lowest BCUT2D eigenvalue weighted by Crippen LogP contribution is -2.31. The SMILES string of the molecule is CN(C(=O)c1ccc(-c2ccccc2F)cc1)c1ccc(N2CCC(N(C)C)C2)cc1. The predicted octanol–water partition coefficient (Wildman–Crippen LogP) is 4.91. The van der Waals surface area contributed by atoms with Gasteiger partial charge in [-0.05, 0) is 68.5 Å². The van der Waals surface area contributed by atoms with Crippen LogP contribution in [-0.2, 0) is 0 Å². The van der Waals surface area contributed by atoms with Crippen molar-refractivity contribution in [3.05, 3.63) is 84.2 Å². The molecule has 5 heteroatoms. The van der Waals surface area contributed by atoms with Crippen LogP contribution >= 0.6 is 0 Å². The standard InChI is InChI=1S/C26H28FN3O/c1-28(2)23-16-17-30(18-23)22-14-12-21(13-15-22)29(3)26(31)20-10-8-19(9-11-20)24-6-4-5-7-25(24)27/h4-15,23H,16-18H2,1-3H3. The van der Waals surface area contributed by atoms with E-state index in [1.165, 1.54) is 11.8 Å². The third kappa shape index (κ3) is 4.47. The summed E-state index contributed by atoms with van der Waals surface area (Å²) in [6, 6.07) is 22.4. The highest BCUT2D eigenvalue weighted by atomic mass is 19.1. The summed E-state index contributed by atoms with van der Waals surface area (Å²) in [5, 5.41) is 0. The molecule has 4 rings (SSSR count). The fraction of sp³-hybridized carbons (Fsp3) is 0.269. The molecule has 0 saturated carbocycles. The molecule has 1 amide bonds. The normalized spacial score (nSPS) is 16.0. The third-order valence-electron chi connectivity index (χ3n) is 6.12. The minimum absolute atomic E-state index is 0.0957. The largest absolute Gasteiger partial charge is 0.370 e. The van der Waals surface area contributed by atoms with Crippen molar-refractivity contribution in [1.29, 1.82) is 0 Å². The molecule has 31 heavy (non-hydrogen) atoms. The molecule has 0 aliphatic carbocycles. The number of halogens is 1. The van der Waals surface area contributed by atoms with E-state index < -0.39 is 0 Å².